The van der Waals surface area contributed by atoms with E-state index in [4.69, 9.17) is 9.47 Å². The topological polar surface area (TPSA) is 38.7 Å². The van der Waals surface area contributed by atoms with Gasteiger partial charge in [0.25, 0.3) is 0 Å². The Morgan fingerprint density at radius 1 is 1.19 bits per heavy atom. The molecule has 2 aliphatic rings. The molecule has 1 saturated heterocycles. The smallest absolute Gasteiger partial charge is 0.383 e. The van der Waals surface area contributed by atoms with Crippen LogP contribution in [0.15, 0.2) is 0 Å². The molecule has 94 valence electrons. The van der Waals surface area contributed by atoms with Gasteiger partial charge in [0, 0.05) is 12.3 Å². The van der Waals surface area contributed by atoms with Crippen molar-refractivity contribution in [3.8, 4) is 0 Å². The number of ether oxygens (including phenoxy) is 2. The SMILES string of the molecule is OC(C1CCCC12OCCCO2)C(F)(F)F. The van der Waals surface area contributed by atoms with Gasteiger partial charge in [-0.05, 0) is 19.3 Å². The van der Waals surface area contributed by atoms with E-state index in [9.17, 15) is 18.3 Å². The summed E-state index contributed by atoms with van der Waals surface area (Å²) in [6.45, 7) is 0.808. The van der Waals surface area contributed by atoms with Crippen LogP contribution in [0.2, 0.25) is 0 Å². The average molecular weight is 240 g/mol. The molecule has 1 heterocycles. The van der Waals surface area contributed by atoms with Crippen molar-refractivity contribution in [3.63, 3.8) is 0 Å². The summed E-state index contributed by atoms with van der Waals surface area (Å²) in [5, 5.41) is 9.32. The first-order valence-corrected chi connectivity index (χ1v) is 5.48. The molecular formula is C10H15F3O3. The van der Waals surface area contributed by atoms with Gasteiger partial charge >= 0.3 is 6.18 Å². The van der Waals surface area contributed by atoms with Gasteiger partial charge in [0.2, 0.25) is 0 Å². The van der Waals surface area contributed by atoms with E-state index in [0.29, 0.717) is 38.9 Å². The molecule has 0 aromatic carbocycles. The highest BCUT2D eigenvalue weighted by molar-refractivity contribution is 4.94. The highest BCUT2D eigenvalue weighted by Gasteiger charge is 2.56. The van der Waals surface area contributed by atoms with Gasteiger partial charge in [0.1, 0.15) is 0 Å². The van der Waals surface area contributed by atoms with Gasteiger partial charge in [-0.15, -0.1) is 0 Å². The van der Waals surface area contributed by atoms with Crippen LogP contribution in [-0.2, 0) is 9.47 Å². The minimum absolute atomic E-state index is 0.292. The van der Waals surface area contributed by atoms with Crippen LogP contribution in [0, 0.1) is 5.92 Å². The highest BCUT2D eigenvalue weighted by Crippen LogP contribution is 2.46. The third kappa shape index (κ3) is 2.06. The molecule has 16 heavy (non-hydrogen) atoms. The van der Waals surface area contributed by atoms with Gasteiger partial charge < -0.3 is 14.6 Å². The highest BCUT2D eigenvalue weighted by atomic mass is 19.4. The molecule has 1 aliphatic carbocycles. The van der Waals surface area contributed by atoms with Crippen molar-refractivity contribution in [1.29, 1.82) is 0 Å². The van der Waals surface area contributed by atoms with E-state index in [1.807, 2.05) is 0 Å². The number of halogens is 3. The number of alkyl halides is 3. The Kier molecular flexibility index (Phi) is 3.16. The van der Waals surface area contributed by atoms with Crippen molar-refractivity contribution in [2.45, 2.75) is 43.8 Å². The summed E-state index contributed by atoms with van der Waals surface area (Å²) in [6.07, 6.45) is -4.94. The molecule has 0 aromatic heterocycles. The van der Waals surface area contributed by atoms with Crippen molar-refractivity contribution in [1.82, 2.24) is 0 Å². The molecule has 0 aromatic rings. The minimum atomic E-state index is -4.60. The van der Waals surface area contributed by atoms with E-state index >= 15 is 0 Å². The zero-order chi connectivity index (χ0) is 11.8. The molecule has 2 fully saturated rings. The van der Waals surface area contributed by atoms with Crippen LogP contribution in [-0.4, -0.2) is 36.4 Å². The van der Waals surface area contributed by atoms with Crippen LogP contribution < -0.4 is 0 Å². The van der Waals surface area contributed by atoms with Crippen LogP contribution in [0.4, 0.5) is 13.2 Å². The summed E-state index contributed by atoms with van der Waals surface area (Å²) in [5.41, 5.74) is 0. The summed E-state index contributed by atoms with van der Waals surface area (Å²) in [4.78, 5) is 0. The first-order valence-electron chi connectivity index (χ1n) is 5.48. The number of aliphatic hydroxyl groups excluding tert-OH is 1. The standard InChI is InChI=1S/C10H15F3O3/c11-10(12,13)8(14)7-3-1-4-9(7)15-5-2-6-16-9/h7-8,14H,1-6H2. The van der Waals surface area contributed by atoms with E-state index < -0.39 is 24.0 Å². The summed E-state index contributed by atoms with van der Waals surface area (Å²) in [6, 6.07) is 0. The minimum Gasteiger partial charge on any atom is -0.383 e. The van der Waals surface area contributed by atoms with E-state index in [-0.39, 0.29) is 0 Å². The number of hydrogen-bond acceptors (Lipinski definition) is 3. The van der Waals surface area contributed by atoms with Crippen LogP contribution in [0.25, 0.3) is 0 Å². The lowest BCUT2D eigenvalue weighted by molar-refractivity contribution is -0.320. The van der Waals surface area contributed by atoms with Crippen molar-refractivity contribution in [2.24, 2.45) is 5.92 Å². The van der Waals surface area contributed by atoms with E-state index in [1.54, 1.807) is 0 Å². The Hall–Kier alpha value is -0.330. The maximum absolute atomic E-state index is 12.5. The summed E-state index contributed by atoms with van der Waals surface area (Å²) < 4.78 is 48.2. The Labute approximate surface area is 91.5 Å². The zero-order valence-corrected chi connectivity index (χ0v) is 8.79. The third-order valence-corrected chi connectivity index (χ3v) is 3.30. The van der Waals surface area contributed by atoms with E-state index in [2.05, 4.69) is 0 Å². The average Bonchev–Trinajstić information content (AvgIpc) is 2.60. The van der Waals surface area contributed by atoms with E-state index in [1.165, 1.54) is 0 Å². The van der Waals surface area contributed by atoms with Crippen molar-refractivity contribution in [3.05, 3.63) is 0 Å². The molecule has 2 atom stereocenters. The van der Waals surface area contributed by atoms with Crippen LogP contribution in [0.5, 0.6) is 0 Å². The number of aliphatic hydroxyl groups is 1. The first kappa shape index (κ1) is 12.1. The predicted octanol–water partition coefficient (Wildman–Crippen LogP) is 1.84. The Morgan fingerprint density at radius 3 is 2.38 bits per heavy atom. The monoisotopic (exact) mass is 240 g/mol. The largest absolute Gasteiger partial charge is 0.414 e. The maximum Gasteiger partial charge on any atom is 0.414 e. The van der Waals surface area contributed by atoms with Crippen molar-refractivity contribution >= 4 is 0 Å². The molecule has 0 bridgehead atoms. The zero-order valence-electron chi connectivity index (χ0n) is 8.79. The van der Waals surface area contributed by atoms with Gasteiger partial charge in [-0.25, -0.2) is 0 Å². The van der Waals surface area contributed by atoms with Gasteiger partial charge in [0.15, 0.2) is 11.9 Å². The molecule has 1 N–H and O–H groups in total. The van der Waals surface area contributed by atoms with Gasteiger partial charge in [-0.1, -0.05) is 0 Å². The summed E-state index contributed by atoms with van der Waals surface area (Å²) in [5.74, 6) is -2.19. The molecule has 6 heteroatoms. The second-order valence-electron chi connectivity index (χ2n) is 4.35. The molecule has 3 nitrogen and oxygen atoms in total. The molecule has 2 rings (SSSR count). The van der Waals surface area contributed by atoms with Crippen LogP contribution in [0.3, 0.4) is 0 Å². The fourth-order valence-corrected chi connectivity index (χ4v) is 2.55. The number of rotatable bonds is 1. The quantitative estimate of drug-likeness (QED) is 0.760. The fraction of sp³-hybridized carbons (Fsp3) is 1.00. The van der Waals surface area contributed by atoms with Crippen LogP contribution in [0.1, 0.15) is 25.7 Å². The lowest BCUT2D eigenvalue weighted by Gasteiger charge is -2.40. The molecule has 1 saturated carbocycles. The van der Waals surface area contributed by atoms with Crippen LogP contribution >= 0.6 is 0 Å². The molecule has 2 unspecified atom stereocenters. The molecule has 0 radical (unpaired) electrons. The Morgan fingerprint density at radius 2 is 1.81 bits per heavy atom. The second kappa shape index (κ2) is 4.16. The third-order valence-electron chi connectivity index (χ3n) is 3.30. The lowest BCUT2D eigenvalue weighted by Crippen LogP contribution is -2.51. The van der Waals surface area contributed by atoms with Gasteiger partial charge in [0.05, 0.1) is 13.2 Å². The van der Waals surface area contributed by atoms with E-state index in [0.717, 1.165) is 0 Å². The van der Waals surface area contributed by atoms with Gasteiger partial charge in [-0.3, -0.25) is 0 Å². The summed E-state index contributed by atoms with van der Waals surface area (Å²) >= 11 is 0. The second-order valence-corrected chi connectivity index (χ2v) is 4.35. The van der Waals surface area contributed by atoms with Crippen molar-refractivity contribution < 1.29 is 27.8 Å². The Bertz CT molecular complexity index is 248. The lowest BCUT2D eigenvalue weighted by atomic mass is 9.94. The number of hydrogen-bond donors (Lipinski definition) is 1. The predicted molar refractivity (Wildman–Crippen MR) is 48.7 cm³/mol. The summed E-state index contributed by atoms with van der Waals surface area (Å²) in [7, 11) is 0. The normalized spacial score (nSPS) is 31.9. The molecular weight excluding hydrogens is 225 g/mol. The first-order chi connectivity index (χ1) is 7.46. The Balaban J connectivity index is 2.13. The maximum atomic E-state index is 12.5. The van der Waals surface area contributed by atoms with Crippen molar-refractivity contribution in [2.75, 3.05) is 13.2 Å². The fourth-order valence-electron chi connectivity index (χ4n) is 2.55. The molecule has 1 spiro atoms. The van der Waals surface area contributed by atoms with Gasteiger partial charge in [-0.2, -0.15) is 13.2 Å². The molecule has 0 amide bonds. The molecule has 1 aliphatic heterocycles.